The van der Waals surface area contributed by atoms with Crippen molar-refractivity contribution in [3.05, 3.63) is 17.3 Å². The van der Waals surface area contributed by atoms with Gasteiger partial charge >= 0.3 is 0 Å². The van der Waals surface area contributed by atoms with Gasteiger partial charge in [0.05, 0.1) is 11.4 Å². The van der Waals surface area contributed by atoms with E-state index in [1.165, 1.54) is 11.3 Å². The molecular formula is C9H11N3OS2. The third-order valence-corrected chi connectivity index (χ3v) is 3.58. The zero-order chi connectivity index (χ0) is 10.7. The Balaban J connectivity index is 2.17. The molecule has 0 fully saturated rings. The molecular weight excluding hydrogens is 230 g/mol. The van der Waals surface area contributed by atoms with Gasteiger partial charge in [0.25, 0.3) is 5.89 Å². The molecule has 2 rings (SSSR count). The average molecular weight is 241 g/mol. The van der Waals surface area contributed by atoms with Crippen LogP contribution in [0.3, 0.4) is 0 Å². The Morgan fingerprint density at radius 2 is 2.47 bits per heavy atom. The summed E-state index contributed by atoms with van der Waals surface area (Å²) in [6.07, 6.45) is 0. The molecule has 6 heteroatoms. The van der Waals surface area contributed by atoms with E-state index in [9.17, 15) is 0 Å². The van der Waals surface area contributed by atoms with Crippen molar-refractivity contribution in [2.45, 2.75) is 12.7 Å². The van der Waals surface area contributed by atoms with E-state index in [4.69, 9.17) is 10.3 Å². The van der Waals surface area contributed by atoms with Gasteiger partial charge in [0.15, 0.2) is 5.82 Å². The monoisotopic (exact) mass is 241 g/mol. The SMILES string of the molecule is CCSCc1noc(-c2sccc2N)n1. The molecule has 0 saturated carbocycles. The van der Waals surface area contributed by atoms with E-state index in [-0.39, 0.29) is 0 Å². The molecule has 2 aromatic heterocycles. The first-order chi connectivity index (χ1) is 7.31. The summed E-state index contributed by atoms with van der Waals surface area (Å²) in [4.78, 5) is 5.14. The lowest BCUT2D eigenvalue weighted by atomic mass is 10.4. The van der Waals surface area contributed by atoms with Crippen molar-refractivity contribution in [1.29, 1.82) is 0 Å². The van der Waals surface area contributed by atoms with E-state index in [1.54, 1.807) is 11.8 Å². The highest BCUT2D eigenvalue weighted by molar-refractivity contribution is 7.98. The van der Waals surface area contributed by atoms with Crippen molar-refractivity contribution in [1.82, 2.24) is 10.1 Å². The predicted molar refractivity (Wildman–Crippen MR) is 63.9 cm³/mol. The smallest absolute Gasteiger partial charge is 0.270 e. The van der Waals surface area contributed by atoms with Crippen molar-refractivity contribution in [3.63, 3.8) is 0 Å². The van der Waals surface area contributed by atoms with Gasteiger partial charge in [-0.05, 0) is 17.2 Å². The number of rotatable bonds is 4. The minimum Gasteiger partial charge on any atom is -0.397 e. The van der Waals surface area contributed by atoms with E-state index in [2.05, 4.69) is 17.1 Å². The second kappa shape index (κ2) is 4.67. The maximum Gasteiger partial charge on any atom is 0.270 e. The van der Waals surface area contributed by atoms with Crippen molar-refractivity contribution >= 4 is 28.8 Å². The molecule has 0 saturated heterocycles. The molecule has 0 aromatic carbocycles. The third-order valence-electron chi connectivity index (χ3n) is 1.79. The molecule has 0 aliphatic heterocycles. The number of thioether (sulfide) groups is 1. The summed E-state index contributed by atoms with van der Waals surface area (Å²) in [5.41, 5.74) is 6.45. The second-order valence-corrected chi connectivity index (χ2v) is 5.05. The van der Waals surface area contributed by atoms with Gasteiger partial charge < -0.3 is 10.3 Å². The molecule has 0 radical (unpaired) electrons. The van der Waals surface area contributed by atoms with Crippen LogP contribution in [0.4, 0.5) is 5.69 Å². The third kappa shape index (κ3) is 2.32. The summed E-state index contributed by atoms with van der Waals surface area (Å²) < 4.78 is 5.14. The second-order valence-electron chi connectivity index (χ2n) is 2.86. The van der Waals surface area contributed by atoms with Crippen LogP contribution in [0.25, 0.3) is 10.8 Å². The van der Waals surface area contributed by atoms with E-state index in [0.29, 0.717) is 11.6 Å². The zero-order valence-corrected chi connectivity index (χ0v) is 9.90. The summed E-state index contributed by atoms with van der Waals surface area (Å²) in [6.45, 7) is 2.10. The molecule has 0 aliphatic rings. The van der Waals surface area contributed by atoms with Gasteiger partial charge in [-0.3, -0.25) is 0 Å². The fourth-order valence-corrected chi connectivity index (χ4v) is 2.33. The summed E-state index contributed by atoms with van der Waals surface area (Å²) >= 11 is 3.27. The Morgan fingerprint density at radius 3 is 3.13 bits per heavy atom. The van der Waals surface area contributed by atoms with Crippen LogP contribution in [0, 0.1) is 0 Å². The zero-order valence-electron chi connectivity index (χ0n) is 8.27. The van der Waals surface area contributed by atoms with Crippen LogP contribution in [0.2, 0.25) is 0 Å². The van der Waals surface area contributed by atoms with Crippen LogP contribution >= 0.6 is 23.1 Å². The number of aromatic nitrogens is 2. The molecule has 0 atom stereocenters. The van der Waals surface area contributed by atoms with Crippen molar-refractivity contribution in [2.75, 3.05) is 11.5 Å². The molecule has 2 heterocycles. The first-order valence-electron chi connectivity index (χ1n) is 4.55. The molecule has 0 bridgehead atoms. The Kier molecular flexibility index (Phi) is 3.27. The maximum absolute atomic E-state index is 5.76. The van der Waals surface area contributed by atoms with E-state index in [1.807, 2.05) is 11.4 Å². The first kappa shape index (κ1) is 10.5. The molecule has 15 heavy (non-hydrogen) atoms. The molecule has 0 unspecified atom stereocenters. The fourth-order valence-electron chi connectivity index (χ4n) is 1.09. The maximum atomic E-state index is 5.76. The largest absolute Gasteiger partial charge is 0.397 e. The van der Waals surface area contributed by atoms with Crippen LogP contribution < -0.4 is 5.73 Å². The van der Waals surface area contributed by atoms with Gasteiger partial charge in [-0.1, -0.05) is 12.1 Å². The molecule has 0 aliphatic carbocycles. The fraction of sp³-hybridized carbons (Fsp3) is 0.333. The van der Waals surface area contributed by atoms with Gasteiger partial charge in [-0.2, -0.15) is 16.7 Å². The molecule has 2 N–H and O–H groups in total. The lowest BCUT2D eigenvalue weighted by Gasteiger charge is -1.90. The highest BCUT2D eigenvalue weighted by atomic mass is 32.2. The molecule has 0 spiro atoms. The van der Waals surface area contributed by atoms with Gasteiger partial charge in [0.1, 0.15) is 4.88 Å². The van der Waals surface area contributed by atoms with Crippen molar-refractivity contribution in [2.24, 2.45) is 0 Å². The number of nitrogens with zero attached hydrogens (tertiary/aromatic N) is 2. The highest BCUT2D eigenvalue weighted by Crippen LogP contribution is 2.30. The van der Waals surface area contributed by atoms with Gasteiger partial charge in [0.2, 0.25) is 0 Å². The standard InChI is InChI=1S/C9H11N3OS2/c1-2-14-5-7-11-9(13-12-7)8-6(10)3-4-15-8/h3-4H,2,5,10H2,1H3. The predicted octanol–water partition coefficient (Wildman–Crippen LogP) is 2.63. The molecule has 80 valence electrons. The summed E-state index contributed by atoms with van der Waals surface area (Å²) in [5.74, 6) is 3.08. The Bertz CT molecular complexity index is 438. The lowest BCUT2D eigenvalue weighted by molar-refractivity contribution is 0.426. The topological polar surface area (TPSA) is 64.9 Å². The Morgan fingerprint density at radius 1 is 1.60 bits per heavy atom. The minimum absolute atomic E-state index is 0.522. The number of hydrogen-bond donors (Lipinski definition) is 1. The Labute approximate surface area is 95.9 Å². The van der Waals surface area contributed by atoms with E-state index < -0.39 is 0 Å². The first-order valence-corrected chi connectivity index (χ1v) is 6.58. The molecule has 4 nitrogen and oxygen atoms in total. The summed E-state index contributed by atoms with van der Waals surface area (Å²) in [6, 6.07) is 1.84. The normalized spacial score (nSPS) is 10.7. The highest BCUT2D eigenvalue weighted by Gasteiger charge is 2.12. The van der Waals surface area contributed by atoms with Crippen LogP contribution in [-0.2, 0) is 5.75 Å². The van der Waals surface area contributed by atoms with Gasteiger partial charge in [0, 0.05) is 0 Å². The minimum atomic E-state index is 0.522. The van der Waals surface area contributed by atoms with Crippen molar-refractivity contribution < 1.29 is 4.52 Å². The van der Waals surface area contributed by atoms with Crippen LogP contribution in [-0.4, -0.2) is 15.9 Å². The van der Waals surface area contributed by atoms with Gasteiger partial charge in [-0.15, -0.1) is 11.3 Å². The number of anilines is 1. The number of nitrogen functional groups attached to an aromatic ring is 1. The molecule has 0 amide bonds. The number of hydrogen-bond acceptors (Lipinski definition) is 6. The van der Waals surface area contributed by atoms with Crippen LogP contribution in [0.15, 0.2) is 16.0 Å². The Hall–Kier alpha value is -1.01. The number of nitrogens with two attached hydrogens (primary N) is 1. The summed E-state index contributed by atoms with van der Waals surface area (Å²) in [5, 5.41) is 5.81. The van der Waals surface area contributed by atoms with Gasteiger partial charge in [-0.25, -0.2) is 0 Å². The number of thiophene rings is 1. The van der Waals surface area contributed by atoms with E-state index >= 15 is 0 Å². The van der Waals surface area contributed by atoms with Crippen molar-refractivity contribution in [3.8, 4) is 10.8 Å². The van der Waals surface area contributed by atoms with Crippen LogP contribution in [0.1, 0.15) is 12.7 Å². The quantitative estimate of drug-likeness (QED) is 0.891. The summed E-state index contributed by atoms with van der Waals surface area (Å²) in [7, 11) is 0. The van der Waals surface area contributed by atoms with Crippen LogP contribution in [0.5, 0.6) is 0 Å². The lowest BCUT2D eigenvalue weighted by Crippen LogP contribution is -1.85. The van der Waals surface area contributed by atoms with E-state index in [0.717, 1.165) is 22.2 Å². The molecule has 2 aromatic rings. The average Bonchev–Trinajstić information content (AvgIpc) is 2.83.